The minimum atomic E-state index is 0. The van der Waals surface area contributed by atoms with Crippen LogP contribution in [0.5, 0.6) is 0 Å². The van der Waals surface area contributed by atoms with Crippen molar-refractivity contribution < 1.29 is 51.4 Å². The summed E-state index contributed by atoms with van der Waals surface area (Å²) in [6, 6.07) is 9.41. The van der Waals surface area contributed by atoms with Gasteiger partial charge in [-0.25, -0.2) is 0 Å². The van der Waals surface area contributed by atoms with Crippen LogP contribution in [0, 0.1) is 13.0 Å². The zero-order valence-corrected chi connectivity index (χ0v) is 12.3. The average Bonchev–Trinajstić information content (AvgIpc) is 2.44. The van der Waals surface area contributed by atoms with Gasteiger partial charge in [0, 0.05) is 0 Å². The van der Waals surface area contributed by atoms with Gasteiger partial charge in [0.15, 0.2) is 0 Å². The number of fused-ring (bicyclic) bond motifs is 1. The summed E-state index contributed by atoms with van der Waals surface area (Å²) in [4.78, 5) is 3.38. The molecule has 0 unspecified atom stereocenters. The first-order valence-electron chi connectivity index (χ1n) is 4.80. The van der Waals surface area contributed by atoms with Crippen LogP contribution in [0.25, 0.3) is 10.9 Å². The van der Waals surface area contributed by atoms with E-state index in [0.29, 0.717) is 0 Å². The van der Waals surface area contributed by atoms with Crippen molar-refractivity contribution in [2.24, 2.45) is 0 Å². The quantitative estimate of drug-likeness (QED) is 0.541. The normalized spacial score (nSPS) is 10.1. The van der Waals surface area contributed by atoms with Gasteiger partial charge >= 0.3 is 51.4 Å². The molecule has 0 saturated carbocycles. The third-order valence-corrected chi connectivity index (χ3v) is 2.43. The van der Waals surface area contributed by atoms with Gasteiger partial charge in [-0.05, 0) is 18.1 Å². The van der Waals surface area contributed by atoms with Crippen molar-refractivity contribution in [3.8, 4) is 0 Å². The van der Waals surface area contributed by atoms with E-state index in [-0.39, 0.29) is 51.4 Å². The molecule has 14 heavy (non-hydrogen) atoms. The Morgan fingerprint density at radius 1 is 1.43 bits per heavy atom. The molecule has 1 heterocycles. The maximum absolute atomic E-state index is 3.38. The summed E-state index contributed by atoms with van der Waals surface area (Å²) in [5.41, 5.74) is 3.93. The number of hydrogen-bond donors (Lipinski definition) is 1. The molecule has 0 spiro atoms. The van der Waals surface area contributed by atoms with Gasteiger partial charge in [0.1, 0.15) is 0 Å². The molecule has 1 N–H and O–H groups in total. The van der Waals surface area contributed by atoms with Gasteiger partial charge in [-0.1, -0.05) is 19.8 Å². The maximum Gasteiger partial charge on any atom is 1.00 e. The van der Waals surface area contributed by atoms with E-state index < -0.39 is 0 Å². The molecule has 1 aromatic carbocycles. The van der Waals surface area contributed by atoms with Crippen molar-refractivity contribution in [2.45, 2.75) is 26.7 Å². The number of rotatable bonds is 2. The van der Waals surface area contributed by atoms with Gasteiger partial charge in [-0.3, -0.25) is 0 Å². The summed E-state index contributed by atoms with van der Waals surface area (Å²) in [7, 11) is 0. The number of aromatic amines is 1. The summed E-state index contributed by atoms with van der Waals surface area (Å²) in [6.45, 7) is 4.35. The number of aryl methyl sites for hydroxylation is 2. The molecule has 2 rings (SSSR count). The smallest absolute Gasteiger partial charge is 0.406 e. The van der Waals surface area contributed by atoms with Crippen LogP contribution in [0.15, 0.2) is 18.2 Å². The Hall–Kier alpha value is 0.396. The number of benzene rings is 1. The first-order chi connectivity index (χ1) is 6.33. The minimum absolute atomic E-state index is 0. The SMILES string of the molecule is CCCc1c(C)[nH]c2ccc[c-]c12.[K+]. The van der Waals surface area contributed by atoms with Crippen molar-refractivity contribution >= 4 is 10.9 Å². The van der Waals surface area contributed by atoms with Crippen molar-refractivity contribution in [2.75, 3.05) is 0 Å². The van der Waals surface area contributed by atoms with Crippen LogP contribution in [-0.4, -0.2) is 4.98 Å². The van der Waals surface area contributed by atoms with Crippen LogP contribution in [0.2, 0.25) is 0 Å². The molecule has 0 amide bonds. The first kappa shape index (κ1) is 12.5. The van der Waals surface area contributed by atoms with E-state index in [0.717, 1.165) is 6.42 Å². The molecular weight excluding hydrogens is 197 g/mol. The van der Waals surface area contributed by atoms with Crippen LogP contribution in [0.1, 0.15) is 24.6 Å². The third kappa shape index (κ3) is 2.31. The molecule has 0 radical (unpaired) electrons. The van der Waals surface area contributed by atoms with Crippen molar-refractivity contribution in [1.82, 2.24) is 4.98 Å². The minimum Gasteiger partial charge on any atom is -0.406 e. The number of nitrogens with one attached hydrogen (secondary N) is 1. The van der Waals surface area contributed by atoms with E-state index in [1.54, 1.807) is 0 Å². The Bertz CT molecular complexity index is 417. The average molecular weight is 211 g/mol. The molecule has 0 saturated heterocycles. The number of H-pyrrole nitrogens is 1. The van der Waals surface area contributed by atoms with E-state index in [1.165, 1.54) is 28.6 Å². The molecule has 0 aliphatic rings. The summed E-state index contributed by atoms with van der Waals surface area (Å²) >= 11 is 0. The molecule has 2 aromatic rings. The van der Waals surface area contributed by atoms with Gasteiger partial charge in [-0.2, -0.15) is 0 Å². The largest absolute Gasteiger partial charge is 1.00 e. The Labute approximate surface area is 128 Å². The Morgan fingerprint density at radius 2 is 2.21 bits per heavy atom. The van der Waals surface area contributed by atoms with Gasteiger partial charge in [-0.15, -0.1) is 35.2 Å². The van der Waals surface area contributed by atoms with Crippen molar-refractivity contribution in [3.05, 3.63) is 35.5 Å². The van der Waals surface area contributed by atoms with Gasteiger partial charge in [0.05, 0.1) is 0 Å². The van der Waals surface area contributed by atoms with Crippen LogP contribution < -0.4 is 51.4 Å². The van der Waals surface area contributed by atoms with Crippen LogP contribution in [0.4, 0.5) is 0 Å². The Kier molecular flexibility index (Phi) is 4.87. The molecule has 1 aromatic heterocycles. The van der Waals surface area contributed by atoms with Crippen molar-refractivity contribution in [1.29, 1.82) is 0 Å². The predicted molar refractivity (Wildman–Crippen MR) is 55.9 cm³/mol. The second-order valence-corrected chi connectivity index (χ2v) is 3.44. The van der Waals surface area contributed by atoms with Gasteiger partial charge < -0.3 is 4.98 Å². The second-order valence-electron chi connectivity index (χ2n) is 3.44. The molecule has 1 nitrogen and oxygen atoms in total. The summed E-state index contributed by atoms with van der Waals surface area (Å²) in [5, 5.41) is 1.27. The van der Waals surface area contributed by atoms with Crippen molar-refractivity contribution in [3.63, 3.8) is 0 Å². The van der Waals surface area contributed by atoms with Crippen LogP contribution in [-0.2, 0) is 6.42 Å². The van der Waals surface area contributed by atoms with Crippen LogP contribution >= 0.6 is 0 Å². The number of aromatic nitrogens is 1. The standard InChI is InChI=1S/C12H14N.K/c1-3-6-10-9(2)13-12-8-5-4-7-11(10)12;/h4-5,8,13H,3,6H2,1-2H3;/q-1;+1. The van der Waals surface area contributed by atoms with Crippen LogP contribution in [0.3, 0.4) is 0 Å². The molecule has 2 heteroatoms. The molecule has 0 fully saturated rings. The maximum atomic E-state index is 3.38. The monoisotopic (exact) mass is 211 g/mol. The van der Waals surface area contributed by atoms with Gasteiger partial charge in [0.25, 0.3) is 0 Å². The fraction of sp³-hybridized carbons (Fsp3) is 0.333. The first-order valence-corrected chi connectivity index (χ1v) is 4.80. The molecule has 0 bridgehead atoms. The fourth-order valence-corrected chi connectivity index (χ4v) is 1.82. The Morgan fingerprint density at radius 3 is 2.93 bits per heavy atom. The molecule has 0 atom stereocenters. The summed E-state index contributed by atoms with van der Waals surface area (Å²) in [6.07, 6.45) is 2.34. The van der Waals surface area contributed by atoms with E-state index in [2.05, 4.69) is 31.0 Å². The second kappa shape index (κ2) is 5.47. The number of hydrogen-bond acceptors (Lipinski definition) is 0. The molecule has 68 valence electrons. The van der Waals surface area contributed by atoms with E-state index in [1.807, 2.05) is 12.1 Å². The van der Waals surface area contributed by atoms with E-state index in [4.69, 9.17) is 0 Å². The van der Waals surface area contributed by atoms with Gasteiger partial charge in [0.2, 0.25) is 0 Å². The molecule has 0 aliphatic carbocycles. The topological polar surface area (TPSA) is 15.8 Å². The summed E-state index contributed by atoms with van der Waals surface area (Å²) in [5.74, 6) is 0. The third-order valence-electron chi connectivity index (χ3n) is 2.43. The zero-order valence-electron chi connectivity index (χ0n) is 9.15. The Balaban J connectivity index is 0.000000980. The summed E-state index contributed by atoms with van der Waals surface area (Å²) < 4.78 is 0. The predicted octanol–water partition coefficient (Wildman–Crippen LogP) is 0.233. The molecular formula is C12H14KN. The van der Waals surface area contributed by atoms with E-state index in [9.17, 15) is 0 Å². The van der Waals surface area contributed by atoms with E-state index >= 15 is 0 Å². The fourth-order valence-electron chi connectivity index (χ4n) is 1.82. The zero-order chi connectivity index (χ0) is 9.26. The molecule has 0 aliphatic heterocycles.